The third kappa shape index (κ3) is 4.94. The molecule has 1 heterocycles. The summed E-state index contributed by atoms with van der Waals surface area (Å²) in [6, 6.07) is 0. The van der Waals surface area contributed by atoms with Gasteiger partial charge < -0.3 is 4.74 Å². The largest absolute Gasteiger partial charge is 0.444 e. The molecule has 0 radical (unpaired) electrons. The van der Waals surface area contributed by atoms with E-state index in [1.54, 1.807) is 0 Å². The number of hydrogen-bond donors (Lipinski definition) is 1. The van der Waals surface area contributed by atoms with E-state index in [-0.39, 0.29) is 12.3 Å². The van der Waals surface area contributed by atoms with Crippen LogP contribution in [0.4, 0.5) is 4.79 Å². The summed E-state index contributed by atoms with van der Waals surface area (Å²) >= 11 is 0. The summed E-state index contributed by atoms with van der Waals surface area (Å²) in [6.45, 7) is 9.60. The Labute approximate surface area is 105 Å². The maximum Gasteiger partial charge on any atom is 0.411 e. The Morgan fingerprint density at radius 3 is 2.71 bits per heavy atom. The number of carbonyl (C=O) groups is 1. The fourth-order valence-corrected chi connectivity index (χ4v) is 1.99. The first-order valence-electron chi connectivity index (χ1n) is 6.67. The van der Waals surface area contributed by atoms with Crippen LogP contribution < -0.4 is 5.32 Å². The third-order valence-electron chi connectivity index (χ3n) is 2.76. The Bertz CT molecular complexity index is 248. The van der Waals surface area contributed by atoms with Gasteiger partial charge in [0.05, 0.1) is 6.17 Å². The summed E-state index contributed by atoms with van der Waals surface area (Å²) < 4.78 is 5.43. The summed E-state index contributed by atoms with van der Waals surface area (Å²) in [5, 5.41) is 3.41. The highest BCUT2D eigenvalue weighted by Crippen LogP contribution is 2.18. The maximum atomic E-state index is 12.1. The molecule has 1 saturated heterocycles. The molecule has 1 aliphatic rings. The average Bonchev–Trinajstić information content (AvgIpc) is 2.24. The molecule has 17 heavy (non-hydrogen) atoms. The molecule has 1 unspecified atom stereocenters. The zero-order chi connectivity index (χ0) is 12.9. The quantitative estimate of drug-likeness (QED) is 0.827. The molecule has 0 aromatic rings. The first-order chi connectivity index (χ1) is 7.94. The van der Waals surface area contributed by atoms with Crippen LogP contribution in [-0.4, -0.2) is 35.8 Å². The van der Waals surface area contributed by atoms with E-state index < -0.39 is 5.60 Å². The molecule has 1 N–H and O–H groups in total. The average molecular weight is 242 g/mol. The van der Waals surface area contributed by atoms with Crippen LogP contribution in [0.1, 0.15) is 53.4 Å². The predicted molar refractivity (Wildman–Crippen MR) is 68.9 cm³/mol. The molecule has 0 spiro atoms. The van der Waals surface area contributed by atoms with Gasteiger partial charge in [-0.15, -0.1) is 0 Å². The fraction of sp³-hybridized carbons (Fsp3) is 0.923. The number of ether oxygens (including phenoxy) is 1. The molecule has 0 bridgehead atoms. The van der Waals surface area contributed by atoms with Gasteiger partial charge in [-0.2, -0.15) is 0 Å². The number of nitrogens with zero attached hydrogens (tertiary/aromatic N) is 1. The van der Waals surface area contributed by atoms with Crippen molar-refractivity contribution in [3.8, 4) is 0 Å². The molecule has 1 fully saturated rings. The zero-order valence-electron chi connectivity index (χ0n) is 11.6. The van der Waals surface area contributed by atoms with Crippen LogP contribution in [0.15, 0.2) is 0 Å². The number of hydrogen-bond acceptors (Lipinski definition) is 3. The Kier molecular flexibility index (Phi) is 5.25. The lowest BCUT2D eigenvalue weighted by molar-refractivity contribution is 0.00547. The second-order valence-corrected chi connectivity index (χ2v) is 5.64. The van der Waals surface area contributed by atoms with Gasteiger partial charge in [0.15, 0.2) is 0 Å². The summed E-state index contributed by atoms with van der Waals surface area (Å²) in [4.78, 5) is 13.9. The van der Waals surface area contributed by atoms with Gasteiger partial charge in [-0.25, -0.2) is 4.79 Å². The number of amides is 1. The van der Waals surface area contributed by atoms with Crippen LogP contribution in [0.2, 0.25) is 0 Å². The molecule has 1 aliphatic heterocycles. The molecule has 4 nitrogen and oxygen atoms in total. The standard InChI is InChI=1S/C13H26N2O2/c1-5-9-14-11-8-6-7-10-15(11)12(16)17-13(2,3)4/h11,14H,5-10H2,1-4H3. The highest BCUT2D eigenvalue weighted by atomic mass is 16.6. The minimum Gasteiger partial charge on any atom is -0.444 e. The first kappa shape index (κ1) is 14.3. The Balaban J connectivity index is 2.54. The smallest absolute Gasteiger partial charge is 0.411 e. The first-order valence-corrected chi connectivity index (χ1v) is 6.67. The van der Waals surface area contributed by atoms with Gasteiger partial charge in [-0.3, -0.25) is 10.2 Å². The van der Waals surface area contributed by atoms with Crippen LogP contribution in [-0.2, 0) is 4.74 Å². The monoisotopic (exact) mass is 242 g/mol. The summed E-state index contributed by atoms with van der Waals surface area (Å²) in [5.41, 5.74) is -0.413. The van der Waals surface area contributed by atoms with Crippen molar-refractivity contribution in [3.05, 3.63) is 0 Å². The topological polar surface area (TPSA) is 41.6 Å². The summed E-state index contributed by atoms with van der Waals surface area (Å²) in [5.74, 6) is 0. The molecular weight excluding hydrogens is 216 g/mol. The van der Waals surface area contributed by atoms with Crippen molar-refractivity contribution >= 4 is 6.09 Å². The molecule has 1 rings (SSSR count). The van der Waals surface area contributed by atoms with E-state index >= 15 is 0 Å². The van der Waals surface area contributed by atoms with E-state index in [0.717, 1.165) is 32.4 Å². The van der Waals surface area contributed by atoms with Crippen LogP contribution in [0.25, 0.3) is 0 Å². The maximum absolute atomic E-state index is 12.1. The summed E-state index contributed by atoms with van der Waals surface area (Å²) in [6.07, 6.45) is 4.33. The molecule has 1 amide bonds. The number of piperidine rings is 1. The Morgan fingerprint density at radius 1 is 1.41 bits per heavy atom. The molecule has 0 saturated carbocycles. The highest BCUT2D eigenvalue weighted by Gasteiger charge is 2.29. The molecule has 4 heteroatoms. The molecule has 0 aliphatic carbocycles. The van der Waals surface area contributed by atoms with Gasteiger partial charge in [0, 0.05) is 6.54 Å². The summed E-state index contributed by atoms with van der Waals surface area (Å²) in [7, 11) is 0. The van der Waals surface area contributed by atoms with Crippen molar-refractivity contribution in [3.63, 3.8) is 0 Å². The van der Waals surface area contributed by atoms with Crippen molar-refractivity contribution in [2.75, 3.05) is 13.1 Å². The SMILES string of the molecule is CCCNC1CCCCN1C(=O)OC(C)(C)C. The molecule has 0 aromatic carbocycles. The molecule has 100 valence electrons. The van der Waals surface area contributed by atoms with Gasteiger partial charge in [0.1, 0.15) is 5.60 Å². The van der Waals surface area contributed by atoms with E-state index in [9.17, 15) is 4.79 Å². The van der Waals surface area contributed by atoms with Gasteiger partial charge in [0.2, 0.25) is 0 Å². The minimum atomic E-state index is -0.413. The van der Waals surface area contributed by atoms with Crippen molar-refractivity contribution in [2.24, 2.45) is 0 Å². The van der Waals surface area contributed by atoms with Crippen molar-refractivity contribution in [2.45, 2.75) is 65.1 Å². The normalized spacial score (nSPS) is 21.4. The second kappa shape index (κ2) is 6.24. The Hall–Kier alpha value is -0.770. The molecule has 0 aromatic heterocycles. The van der Waals surface area contributed by atoms with E-state index in [2.05, 4.69) is 12.2 Å². The minimum absolute atomic E-state index is 0.151. The fourth-order valence-electron chi connectivity index (χ4n) is 1.99. The number of likely N-dealkylation sites (tertiary alicyclic amines) is 1. The van der Waals surface area contributed by atoms with Gasteiger partial charge in [-0.1, -0.05) is 6.92 Å². The number of rotatable bonds is 3. The van der Waals surface area contributed by atoms with Crippen molar-refractivity contribution in [1.82, 2.24) is 10.2 Å². The Morgan fingerprint density at radius 2 is 2.12 bits per heavy atom. The van der Waals surface area contributed by atoms with Gasteiger partial charge >= 0.3 is 6.09 Å². The van der Waals surface area contributed by atoms with Crippen molar-refractivity contribution in [1.29, 1.82) is 0 Å². The number of carbonyl (C=O) groups excluding carboxylic acids is 1. The molecular formula is C13H26N2O2. The van der Waals surface area contributed by atoms with Crippen LogP contribution in [0, 0.1) is 0 Å². The van der Waals surface area contributed by atoms with Crippen molar-refractivity contribution < 1.29 is 9.53 Å². The van der Waals surface area contributed by atoms with E-state index in [4.69, 9.17) is 4.74 Å². The lowest BCUT2D eigenvalue weighted by atomic mass is 10.1. The van der Waals surface area contributed by atoms with Crippen LogP contribution in [0.3, 0.4) is 0 Å². The van der Waals surface area contributed by atoms with E-state index in [1.807, 2.05) is 25.7 Å². The lowest BCUT2D eigenvalue weighted by Gasteiger charge is -2.37. The van der Waals surface area contributed by atoms with E-state index in [1.165, 1.54) is 6.42 Å². The zero-order valence-corrected chi connectivity index (χ0v) is 11.6. The van der Waals surface area contributed by atoms with Gasteiger partial charge in [-0.05, 0) is 53.0 Å². The molecule has 1 atom stereocenters. The van der Waals surface area contributed by atoms with Gasteiger partial charge in [0.25, 0.3) is 0 Å². The van der Waals surface area contributed by atoms with E-state index in [0.29, 0.717) is 0 Å². The van der Waals surface area contributed by atoms with Crippen LogP contribution in [0.5, 0.6) is 0 Å². The second-order valence-electron chi connectivity index (χ2n) is 5.64. The highest BCUT2D eigenvalue weighted by molar-refractivity contribution is 5.68. The van der Waals surface area contributed by atoms with Crippen LogP contribution >= 0.6 is 0 Å². The lowest BCUT2D eigenvalue weighted by Crippen LogP contribution is -2.52. The third-order valence-corrected chi connectivity index (χ3v) is 2.76. The predicted octanol–water partition coefficient (Wildman–Crippen LogP) is 2.73. The number of nitrogens with one attached hydrogen (secondary N) is 1.